The molecule has 0 amide bonds. The van der Waals surface area contributed by atoms with E-state index in [2.05, 4.69) is 43.3 Å². The molecule has 2 saturated carbocycles. The highest BCUT2D eigenvalue weighted by atomic mass is 16.5. The fraction of sp³-hybridized carbons (Fsp3) is 0.640. The van der Waals surface area contributed by atoms with E-state index in [1.807, 2.05) is 0 Å². The number of ether oxygens (including phenoxy) is 1. The zero-order valence-corrected chi connectivity index (χ0v) is 16.9. The molecular formula is C25H35NO. The first-order valence-corrected chi connectivity index (χ1v) is 11.0. The van der Waals surface area contributed by atoms with Gasteiger partial charge in [-0.3, -0.25) is 0 Å². The molecule has 2 fully saturated rings. The second-order valence-electron chi connectivity index (χ2n) is 8.57. The summed E-state index contributed by atoms with van der Waals surface area (Å²) in [7, 11) is 0. The van der Waals surface area contributed by atoms with Crippen LogP contribution < -0.4 is 0 Å². The number of benzene rings is 1. The molecule has 0 aliphatic heterocycles. The summed E-state index contributed by atoms with van der Waals surface area (Å²) in [5.41, 5.74) is 3.01. The highest BCUT2D eigenvalue weighted by Gasteiger charge is 2.25. The van der Waals surface area contributed by atoms with Crippen molar-refractivity contribution in [2.45, 2.75) is 83.2 Å². The summed E-state index contributed by atoms with van der Waals surface area (Å²) >= 11 is 0. The van der Waals surface area contributed by atoms with Crippen LogP contribution in [0.5, 0.6) is 0 Å². The minimum absolute atomic E-state index is 0.445. The molecule has 2 aliphatic rings. The van der Waals surface area contributed by atoms with Crippen LogP contribution in [-0.2, 0) is 11.2 Å². The highest BCUT2D eigenvalue weighted by Crippen LogP contribution is 2.36. The Kier molecular flexibility index (Phi) is 7.96. The molecule has 0 heterocycles. The Morgan fingerprint density at radius 1 is 1.00 bits per heavy atom. The molecular weight excluding hydrogens is 330 g/mol. The molecule has 0 radical (unpaired) electrons. The van der Waals surface area contributed by atoms with Crippen LogP contribution in [0, 0.1) is 23.2 Å². The van der Waals surface area contributed by atoms with Gasteiger partial charge in [-0.2, -0.15) is 5.26 Å². The predicted octanol–water partition coefficient (Wildman–Crippen LogP) is 6.57. The molecule has 0 N–H and O–H groups in total. The zero-order valence-electron chi connectivity index (χ0n) is 16.9. The van der Waals surface area contributed by atoms with Crippen LogP contribution in [0.15, 0.2) is 36.4 Å². The van der Waals surface area contributed by atoms with Gasteiger partial charge in [-0.25, -0.2) is 0 Å². The van der Waals surface area contributed by atoms with Crippen LogP contribution in [0.3, 0.4) is 0 Å². The van der Waals surface area contributed by atoms with E-state index in [-0.39, 0.29) is 0 Å². The van der Waals surface area contributed by atoms with Crippen molar-refractivity contribution in [3.8, 4) is 6.07 Å². The van der Waals surface area contributed by atoms with Crippen LogP contribution in [0.4, 0.5) is 0 Å². The SMILES string of the molecule is CCCc1ccc([C@H]2CC[C@H](CO[C@H]3CC[C@H](/C=C/C#N)CC3)CC2)cc1. The summed E-state index contributed by atoms with van der Waals surface area (Å²) in [5.74, 6) is 2.08. The molecule has 1 aromatic rings. The molecule has 0 atom stereocenters. The molecule has 146 valence electrons. The van der Waals surface area contributed by atoms with Gasteiger partial charge >= 0.3 is 0 Å². The van der Waals surface area contributed by atoms with Crippen molar-refractivity contribution in [3.63, 3.8) is 0 Å². The molecule has 3 rings (SSSR count). The van der Waals surface area contributed by atoms with E-state index in [1.54, 1.807) is 6.08 Å². The lowest BCUT2D eigenvalue weighted by Gasteiger charge is -2.32. The van der Waals surface area contributed by atoms with Gasteiger partial charge in [0.25, 0.3) is 0 Å². The fourth-order valence-corrected chi connectivity index (χ4v) is 4.81. The first-order valence-electron chi connectivity index (χ1n) is 11.0. The van der Waals surface area contributed by atoms with Gasteiger partial charge in [0.2, 0.25) is 0 Å². The van der Waals surface area contributed by atoms with Gasteiger partial charge in [-0.15, -0.1) is 0 Å². The molecule has 2 aliphatic carbocycles. The monoisotopic (exact) mass is 365 g/mol. The van der Waals surface area contributed by atoms with E-state index in [0.29, 0.717) is 12.0 Å². The third-order valence-corrected chi connectivity index (χ3v) is 6.57. The summed E-state index contributed by atoms with van der Waals surface area (Å²) in [6.07, 6.45) is 16.5. The van der Waals surface area contributed by atoms with Crippen LogP contribution in [0.25, 0.3) is 0 Å². The molecule has 0 saturated heterocycles. The molecule has 1 aromatic carbocycles. The molecule has 0 bridgehead atoms. The zero-order chi connectivity index (χ0) is 18.9. The van der Waals surface area contributed by atoms with Gasteiger partial charge in [-0.1, -0.05) is 43.7 Å². The first-order chi connectivity index (χ1) is 13.3. The van der Waals surface area contributed by atoms with E-state index in [9.17, 15) is 0 Å². The Hall–Kier alpha value is -1.59. The Balaban J connectivity index is 1.35. The molecule has 27 heavy (non-hydrogen) atoms. The number of nitrogens with zero attached hydrogens (tertiary/aromatic N) is 1. The Morgan fingerprint density at radius 2 is 1.70 bits per heavy atom. The molecule has 0 unspecified atom stereocenters. The van der Waals surface area contributed by atoms with Crippen molar-refractivity contribution in [2.24, 2.45) is 11.8 Å². The number of nitriles is 1. The lowest BCUT2D eigenvalue weighted by atomic mass is 9.79. The minimum Gasteiger partial charge on any atom is -0.378 e. The third kappa shape index (κ3) is 6.22. The second-order valence-corrected chi connectivity index (χ2v) is 8.57. The average Bonchev–Trinajstić information content (AvgIpc) is 2.73. The molecule has 2 nitrogen and oxygen atoms in total. The van der Waals surface area contributed by atoms with E-state index >= 15 is 0 Å². The van der Waals surface area contributed by atoms with Crippen LogP contribution in [0.1, 0.15) is 81.8 Å². The Morgan fingerprint density at radius 3 is 2.33 bits per heavy atom. The molecule has 2 heteroatoms. The number of hydrogen-bond acceptors (Lipinski definition) is 2. The first kappa shape index (κ1) is 20.2. The van der Waals surface area contributed by atoms with Crippen LogP contribution in [-0.4, -0.2) is 12.7 Å². The van der Waals surface area contributed by atoms with Crippen LogP contribution >= 0.6 is 0 Å². The smallest absolute Gasteiger partial charge is 0.0908 e. The number of allylic oxidation sites excluding steroid dienone is 2. The van der Waals surface area contributed by atoms with Gasteiger partial charge in [0.15, 0.2) is 0 Å². The molecule has 0 spiro atoms. The van der Waals surface area contributed by atoms with Gasteiger partial charge in [0, 0.05) is 12.7 Å². The quantitative estimate of drug-likeness (QED) is 0.512. The van der Waals surface area contributed by atoms with Gasteiger partial charge in [0.1, 0.15) is 0 Å². The number of rotatable bonds is 7. The summed E-state index contributed by atoms with van der Waals surface area (Å²) in [6.45, 7) is 3.19. The lowest BCUT2D eigenvalue weighted by Crippen LogP contribution is -2.25. The van der Waals surface area contributed by atoms with Crippen molar-refractivity contribution in [2.75, 3.05) is 6.61 Å². The highest BCUT2D eigenvalue weighted by molar-refractivity contribution is 5.25. The standard InChI is InChI=1S/C25H35NO/c1-2-4-20-6-12-23(13-7-20)24-14-8-22(9-15-24)19-27-25-16-10-21(11-17-25)5-3-18-26/h3,5-7,12-13,21-22,24-25H,2,4,8-11,14-17,19H2,1H3/b5-3+/t21-,22-,24-,25-. The van der Waals surface area contributed by atoms with Crippen molar-refractivity contribution < 1.29 is 4.74 Å². The van der Waals surface area contributed by atoms with Gasteiger partial charge < -0.3 is 4.74 Å². The number of aryl methyl sites for hydroxylation is 1. The van der Waals surface area contributed by atoms with Crippen molar-refractivity contribution in [1.29, 1.82) is 5.26 Å². The van der Waals surface area contributed by atoms with E-state index < -0.39 is 0 Å². The van der Waals surface area contributed by atoms with Crippen molar-refractivity contribution in [1.82, 2.24) is 0 Å². The second kappa shape index (κ2) is 10.7. The Labute approximate surface area is 165 Å². The topological polar surface area (TPSA) is 33.0 Å². The van der Waals surface area contributed by atoms with E-state index in [1.165, 1.54) is 62.5 Å². The fourth-order valence-electron chi connectivity index (χ4n) is 4.81. The maximum Gasteiger partial charge on any atom is 0.0908 e. The summed E-state index contributed by atoms with van der Waals surface area (Å²) in [6, 6.07) is 11.5. The van der Waals surface area contributed by atoms with Gasteiger partial charge in [0.05, 0.1) is 12.2 Å². The molecule has 0 aromatic heterocycles. The normalized spacial score (nSPS) is 28.9. The van der Waals surface area contributed by atoms with Crippen LogP contribution in [0.2, 0.25) is 0 Å². The summed E-state index contributed by atoms with van der Waals surface area (Å²) < 4.78 is 6.27. The summed E-state index contributed by atoms with van der Waals surface area (Å²) in [4.78, 5) is 0. The average molecular weight is 366 g/mol. The Bertz CT molecular complexity index is 611. The van der Waals surface area contributed by atoms with E-state index in [4.69, 9.17) is 10.00 Å². The van der Waals surface area contributed by atoms with Crippen molar-refractivity contribution in [3.05, 3.63) is 47.5 Å². The van der Waals surface area contributed by atoms with Crippen molar-refractivity contribution >= 4 is 0 Å². The lowest BCUT2D eigenvalue weighted by molar-refractivity contribution is -0.00456. The third-order valence-electron chi connectivity index (χ3n) is 6.57. The maximum atomic E-state index is 8.64. The minimum atomic E-state index is 0.445. The summed E-state index contributed by atoms with van der Waals surface area (Å²) in [5, 5.41) is 8.64. The number of hydrogen-bond donors (Lipinski definition) is 0. The van der Waals surface area contributed by atoms with Gasteiger partial charge in [-0.05, 0) is 86.7 Å². The predicted molar refractivity (Wildman–Crippen MR) is 112 cm³/mol. The van der Waals surface area contributed by atoms with E-state index in [0.717, 1.165) is 31.3 Å². The largest absolute Gasteiger partial charge is 0.378 e. The maximum absolute atomic E-state index is 8.64.